The minimum atomic E-state index is 0.801. The van der Waals surface area contributed by atoms with Crippen LogP contribution in [0.5, 0.6) is 0 Å². The number of ether oxygens (including phenoxy) is 1. The van der Waals surface area contributed by atoms with E-state index in [1.807, 2.05) is 0 Å². The lowest BCUT2D eigenvalue weighted by Crippen LogP contribution is -2.24. The number of rotatable bonds is 1. The van der Waals surface area contributed by atoms with Gasteiger partial charge in [-0.05, 0) is 56.3 Å². The lowest BCUT2D eigenvalue weighted by atomic mass is 9.84. The zero-order chi connectivity index (χ0) is 11.0. The van der Waals surface area contributed by atoms with E-state index in [9.17, 15) is 0 Å². The average molecular weight is 332 g/mol. The normalized spacial score (nSPS) is 43.9. The number of allylic oxidation sites excluding steroid dienone is 2. The van der Waals surface area contributed by atoms with E-state index in [0.717, 1.165) is 34.9 Å². The molecule has 2 bridgehead atoms. The molecule has 0 radical (unpaired) electrons. The minimum absolute atomic E-state index is 0.801. The van der Waals surface area contributed by atoms with Crippen molar-refractivity contribution in [2.75, 3.05) is 13.2 Å². The van der Waals surface area contributed by atoms with Gasteiger partial charge in [0, 0.05) is 17.1 Å². The van der Waals surface area contributed by atoms with Crippen molar-refractivity contribution in [3.05, 3.63) is 11.6 Å². The van der Waals surface area contributed by atoms with Crippen molar-refractivity contribution in [1.82, 2.24) is 0 Å². The van der Waals surface area contributed by atoms with Crippen LogP contribution in [0.3, 0.4) is 0 Å². The fourth-order valence-corrected chi connectivity index (χ4v) is 5.16. The van der Waals surface area contributed by atoms with E-state index in [4.69, 9.17) is 4.74 Å². The predicted octanol–water partition coefficient (Wildman–Crippen LogP) is 3.96. The highest BCUT2D eigenvalue weighted by atomic mass is 127. The van der Waals surface area contributed by atoms with Gasteiger partial charge in [-0.2, -0.15) is 0 Å². The fraction of sp³-hybridized carbons (Fsp3) is 0.857. The Bertz CT molecular complexity index is 280. The molecule has 1 nitrogen and oxygen atoms in total. The topological polar surface area (TPSA) is 9.23 Å². The van der Waals surface area contributed by atoms with Crippen LogP contribution in [0.25, 0.3) is 0 Å². The lowest BCUT2D eigenvalue weighted by Gasteiger charge is -2.27. The summed E-state index contributed by atoms with van der Waals surface area (Å²) in [6, 6.07) is 0. The number of fused-ring (bicyclic) bond motifs is 2. The molecule has 1 saturated carbocycles. The van der Waals surface area contributed by atoms with E-state index in [0.29, 0.717) is 0 Å². The predicted molar refractivity (Wildman–Crippen MR) is 74.9 cm³/mol. The van der Waals surface area contributed by atoms with E-state index in [-0.39, 0.29) is 0 Å². The second-order valence-corrected chi connectivity index (χ2v) is 7.04. The molecule has 1 heterocycles. The Morgan fingerprint density at radius 2 is 2.12 bits per heavy atom. The monoisotopic (exact) mass is 332 g/mol. The molecule has 1 aliphatic heterocycles. The van der Waals surface area contributed by atoms with E-state index < -0.39 is 0 Å². The van der Waals surface area contributed by atoms with Gasteiger partial charge in [-0.1, -0.05) is 34.2 Å². The third-order valence-corrected chi connectivity index (χ3v) is 6.44. The molecule has 90 valence electrons. The standard InChI is InChI=1S/C14H21IO/c15-14-11-3-1-2-10(8-11)4-5-13(14)12-6-7-16-9-12/h3,10,12-14H,1-2,4-9H2/t10?,12?,13-,14-/m0/s1. The second-order valence-electron chi connectivity index (χ2n) is 5.69. The van der Waals surface area contributed by atoms with Crippen LogP contribution in [0.4, 0.5) is 0 Å². The Morgan fingerprint density at radius 1 is 1.19 bits per heavy atom. The van der Waals surface area contributed by atoms with Gasteiger partial charge < -0.3 is 4.74 Å². The van der Waals surface area contributed by atoms with Gasteiger partial charge in [0.25, 0.3) is 0 Å². The van der Waals surface area contributed by atoms with Crippen molar-refractivity contribution in [3.63, 3.8) is 0 Å². The first kappa shape index (κ1) is 11.5. The highest BCUT2D eigenvalue weighted by molar-refractivity contribution is 14.1. The van der Waals surface area contributed by atoms with Crippen LogP contribution in [0.2, 0.25) is 0 Å². The first-order chi connectivity index (χ1) is 7.84. The first-order valence-corrected chi connectivity index (χ1v) is 8.00. The fourth-order valence-electron chi connectivity index (χ4n) is 3.71. The van der Waals surface area contributed by atoms with Crippen LogP contribution in [-0.2, 0) is 4.74 Å². The Balaban J connectivity index is 1.78. The molecule has 3 rings (SSSR count). The zero-order valence-corrected chi connectivity index (χ0v) is 12.0. The molecule has 4 atom stereocenters. The van der Waals surface area contributed by atoms with Crippen LogP contribution in [-0.4, -0.2) is 17.1 Å². The molecule has 2 fully saturated rings. The van der Waals surface area contributed by atoms with Crippen LogP contribution in [0.1, 0.15) is 38.5 Å². The summed E-state index contributed by atoms with van der Waals surface area (Å²) in [5.41, 5.74) is 1.77. The van der Waals surface area contributed by atoms with Gasteiger partial charge >= 0.3 is 0 Å². The highest BCUT2D eigenvalue weighted by Gasteiger charge is 2.36. The summed E-state index contributed by atoms with van der Waals surface area (Å²) in [5.74, 6) is 2.75. The molecule has 0 N–H and O–H groups in total. The maximum Gasteiger partial charge on any atom is 0.0498 e. The van der Waals surface area contributed by atoms with Crippen LogP contribution >= 0.6 is 22.6 Å². The molecule has 16 heavy (non-hydrogen) atoms. The van der Waals surface area contributed by atoms with Crippen molar-refractivity contribution in [1.29, 1.82) is 0 Å². The highest BCUT2D eigenvalue weighted by Crippen LogP contribution is 2.44. The molecule has 0 aromatic rings. The molecule has 0 aromatic carbocycles. The summed E-state index contributed by atoms with van der Waals surface area (Å²) >= 11 is 2.72. The van der Waals surface area contributed by atoms with Crippen LogP contribution < -0.4 is 0 Å². The smallest absolute Gasteiger partial charge is 0.0498 e. The number of hydrogen-bond donors (Lipinski definition) is 0. The quantitative estimate of drug-likeness (QED) is 0.401. The summed E-state index contributed by atoms with van der Waals surface area (Å²) in [7, 11) is 0. The SMILES string of the molecule is I[C@H]1C2=CCCC(CC[C@H]1C1CCOC1)C2. The minimum Gasteiger partial charge on any atom is -0.381 e. The zero-order valence-electron chi connectivity index (χ0n) is 9.83. The molecule has 0 amide bonds. The first-order valence-electron chi connectivity index (χ1n) is 6.75. The van der Waals surface area contributed by atoms with Crippen molar-refractivity contribution in [2.24, 2.45) is 17.8 Å². The van der Waals surface area contributed by atoms with Crippen LogP contribution in [0.15, 0.2) is 11.6 Å². The van der Waals surface area contributed by atoms with Gasteiger partial charge in [-0.25, -0.2) is 0 Å². The van der Waals surface area contributed by atoms with E-state index in [2.05, 4.69) is 28.7 Å². The summed E-state index contributed by atoms with van der Waals surface area (Å²) in [6.07, 6.45) is 11.0. The molecule has 1 saturated heterocycles. The van der Waals surface area contributed by atoms with E-state index in [1.54, 1.807) is 5.57 Å². The Labute approximate surface area is 112 Å². The van der Waals surface area contributed by atoms with Gasteiger partial charge in [0.1, 0.15) is 0 Å². The van der Waals surface area contributed by atoms with E-state index in [1.165, 1.54) is 38.5 Å². The Hall–Kier alpha value is 0.430. The van der Waals surface area contributed by atoms with Crippen molar-refractivity contribution in [2.45, 2.75) is 42.4 Å². The van der Waals surface area contributed by atoms with Gasteiger partial charge in [0.15, 0.2) is 0 Å². The summed E-state index contributed by atoms with van der Waals surface area (Å²) in [5, 5.41) is 0. The summed E-state index contributed by atoms with van der Waals surface area (Å²) < 4.78 is 6.39. The van der Waals surface area contributed by atoms with Crippen molar-refractivity contribution in [3.8, 4) is 0 Å². The molecule has 0 spiro atoms. The third kappa shape index (κ3) is 2.20. The molecule has 2 unspecified atom stereocenters. The molecule has 2 aliphatic carbocycles. The molecule has 0 aromatic heterocycles. The van der Waals surface area contributed by atoms with Crippen molar-refractivity contribution >= 4 is 22.6 Å². The van der Waals surface area contributed by atoms with Crippen LogP contribution in [0, 0.1) is 17.8 Å². The Morgan fingerprint density at radius 3 is 2.94 bits per heavy atom. The number of alkyl halides is 1. The van der Waals surface area contributed by atoms with Gasteiger partial charge in [0.05, 0.1) is 0 Å². The van der Waals surface area contributed by atoms with Gasteiger partial charge in [0.2, 0.25) is 0 Å². The number of hydrogen-bond acceptors (Lipinski definition) is 1. The molecular weight excluding hydrogens is 311 g/mol. The van der Waals surface area contributed by atoms with Gasteiger partial charge in [-0.3, -0.25) is 0 Å². The maximum atomic E-state index is 5.59. The second kappa shape index (κ2) is 4.97. The molecular formula is C14H21IO. The van der Waals surface area contributed by atoms with Crippen molar-refractivity contribution < 1.29 is 4.74 Å². The largest absolute Gasteiger partial charge is 0.381 e. The Kier molecular flexibility index (Phi) is 3.58. The summed E-state index contributed by atoms with van der Waals surface area (Å²) in [6.45, 7) is 2.04. The summed E-state index contributed by atoms with van der Waals surface area (Å²) in [4.78, 5) is 0. The number of halogens is 1. The maximum absolute atomic E-state index is 5.59. The third-order valence-electron chi connectivity index (χ3n) is 4.71. The van der Waals surface area contributed by atoms with E-state index >= 15 is 0 Å². The van der Waals surface area contributed by atoms with Gasteiger partial charge in [-0.15, -0.1) is 0 Å². The molecule has 3 aliphatic rings. The average Bonchev–Trinajstić information content (AvgIpc) is 2.80. The molecule has 2 heteroatoms. The lowest BCUT2D eigenvalue weighted by molar-refractivity contribution is 0.170.